The highest BCUT2D eigenvalue weighted by Crippen LogP contribution is 2.24. The fourth-order valence-electron chi connectivity index (χ4n) is 1.69. The number of hydrogen-bond acceptors (Lipinski definition) is 4. The Labute approximate surface area is 116 Å². The van der Waals surface area contributed by atoms with Crippen LogP contribution in [0.4, 0.5) is 0 Å². The zero-order valence-corrected chi connectivity index (χ0v) is 11.7. The molecule has 0 fully saturated rings. The molecule has 1 atom stereocenters. The van der Waals surface area contributed by atoms with Crippen LogP contribution in [0.2, 0.25) is 5.02 Å². The van der Waals surface area contributed by atoms with Crippen LogP contribution in [0.25, 0.3) is 0 Å². The van der Waals surface area contributed by atoms with Crippen molar-refractivity contribution in [1.82, 2.24) is 10.3 Å². The van der Waals surface area contributed by atoms with E-state index in [0.29, 0.717) is 6.61 Å². The van der Waals surface area contributed by atoms with Gasteiger partial charge < -0.3 is 10.1 Å². The molecule has 1 aromatic carbocycles. The molecule has 0 bridgehead atoms. The molecule has 0 aliphatic rings. The summed E-state index contributed by atoms with van der Waals surface area (Å²) in [5.74, 6) is 0. The van der Waals surface area contributed by atoms with Gasteiger partial charge in [-0.15, -0.1) is 11.3 Å². The quantitative estimate of drug-likeness (QED) is 0.827. The summed E-state index contributed by atoms with van der Waals surface area (Å²) in [4.78, 5) is 4.38. The number of methoxy groups -OCH3 is 1. The third-order valence-electron chi connectivity index (χ3n) is 2.56. The third-order valence-corrected chi connectivity index (χ3v) is 3.65. The van der Waals surface area contributed by atoms with Gasteiger partial charge in [0.15, 0.2) is 0 Å². The van der Waals surface area contributed by atoms with Gasteiger partial charge >= 0.3 is 0 Å². The van der Waals surface area contributed by atoms with E-state index in [0.717, 1.165) is 22.1 Å². The third kappa shape index (κ3) is 3.53. The lowest BCUT2D eigenvalue weighted by molar-refractivity contribution is 0.197. The minimum Gasteiger partial charge on any atom is -0.383 e. The van der Waals surface area contributed by atoms with E-state index < -0.39 is 0 Å². The predicted octanol–water partition coefficient (Wildman–Crippen LogP) is 3.12. The molecule has 0 aliphatic heterocycles. The van der Waals surface area contributed by atoms with Crippen molar-refractivity contribution in [1.29, 1.82) is 0 Å². The van der Waals surface area contributed by atoms with Gasteiger partial charge in [-0.25, -0.2) is 4.98 Å². The first-order chi connectivity index (χ1) is 8.81. The molecule has 2 rings (SSSR count). The Kier molecular flexibility index (Phi) is 5.13. The zero-order valence-electron chi connectivity index (χ0n) is 10.1. The van der Waals surface area contributed by atoms with Crippen molar-refractivity contribution >= 4 is 22.9 Å². The molecule has 2 aromatic rings. The SMILES string of the molecule is COCCNC(c1ccc(Cl)cc1)c1nccs1. The molecule has 0 aliphatic carbocycles. The summed E-state index contributed by atoms with van der Waals surface area (Å²) < 4.78 is 5.06. The van der Waals surface area contributed by atoms with Gasteiger partial charge in [0.25, 0.3) is 0 Å². The smallest absolute Gasteiger partial charge is 0.114 e. The molecule has 18 heavy (non-hydrogen) atoms. The molecule has 0 saturated carbocycles. The van der Waals surface area contributed by atoms with E-state index in [1.54, 1.807) is 18.4 Å². The van der Waals surface area contributed by atoms with Crippen LogP contribution in [0.5, 0.6) is 0 Å². The summed E-state index contributed by atoms with van der Waals surface area (Å²) in [5.41, 5.74) is 1.16. The monoisotopic (exact) mass is 282 g/mol. The van der Waals surface area contributed by atoms with E-state index >= 15 is 0 Å². The number of benzene rings is 1. The van der Waals surface area contributed by atoms with Crippen molar-refractivity contribution in [3.05, 3.63) is 51.4 Å². The van der Waals surface area contributed by atoms with Gasteiger partial charge in [-0.05, 0) is 17.7 Å². The lowest BCUT2D eigenvalue weighted by Crippen LogP contribution is -2.25. The lowest BCUT2D eigenvalue weighted by atomic mass is 10.1. The summed E-state index contributed by atoms with van der Waals surface area (Å²) in [5, 5.41) is 7.21. The minimum absolute atomic E-state index is 0.0948. The highest BCUT2D eigenvalue weighted by Gasteiger charge is 2.15. The molecule has 1 aromatic heterocycles. The van der Waals surface area contributed by atoms with Gasteiger partial charge in [-0.1, -0.05) is 23.7 Å². The van der Waals surface area contributed by atoms with Crippen molar-refractivity contribution in [2.45, 2.75) is 6.04 Å². The van der Waals surface area contributed by atoms with Gasteiger partial charge in [0.05, 0.1) is 12.6 Å². The van der Waals surface area contributed by atoms with E-state index in [4.69, 9.17) is 16.3 Å². The molecule has 0 radical (unpaired) electrons. The van der Waals surface area contributed by atoms with Crippen LogP contribution in [0.15, 0.2) is 35.8 Å². The zero-order chi connectivity index (χ0) is 12.8. The highest BCUT2D eigenvalue weighted by atomic mass is 35.5. The second-order valence-electron chi connectivity index (χ2n) is 3.80. The van der Waals surface area contributed by atoms with Crippen molar-refractivity contribution in [3.8, 4) is 0 Å². The number of rotatable bonds is 6. The van der Waals surface area contributed by atoms with Crippen molar-refractivity contribution in [2.24, 2.45) is 0 Å². The number of nitrogens with zero attached hydrogens (tertiary/aromatic N) is 1. The summed E-state index contributed by atoms with van der Waals surface area (Å²) in [6.07, 6.45) is 1.82. The number of halogens is 1. The molecule has 96 valence electrons. The van der Waals surface area contributed by atoms with Crippen LogP contribution in [0, 0.1) is 0 Å². The van der Waals surface area contributed by atoms with Crippen LogP contribution in [-0.4, -0.2) is 25.2 Å². The molecule has 5 heteroatoms. The van der Waals surface area contributed by atoms with Crippen LogP contribution < -0.4 is 5.32 Å². The average Bonchev–Trinajstić information content (AvgIpc) is 2.90. The number of ether oxygens (including phenoxy) is 1. The van der Waals surface area contributed by atoms with E-state index in [-0.39, 0.29) is 6.04 Å². The first-order valence-corrected chi connectivity index (χ1v) is 6.94. The molecule has 1 N–H and O–H groups in total. The van der Waals surface area contributed by atoms with Gasteiger partial charge in [-0.2, -0.15) is 0 Å². The summed E-state index contributed by atoms with van der Waals surface area (Å²) in [6.45, 7) is 1.46. The van der Waals surface area contributed by atoms with Crippen LogP contribution >= 0.6 is 22.9 Å². The van der Waals surface area contributed by atoms with Gasteiger partial charge in [0.1, 0.15) is 5.01 Å². The fraction of sp³-hybridized carbons (Fsp3) is 0.308. The Morgan fingerprint density at radius 1 is 1.39 bits per heavy atom. The summed E-state index contributed by atoms with van der Waals surface area (Å²) in [6, 6.07) is 7.94. The van der Waals surface area contributed by atoms with Crippen molar-refractivity contribution in [2.75, 3.05) is 20.3 Å². The molecule has 3 nitrogen and oxygen atoms in total. The Morgan fingerprint density at radius 3 is 2.78 bits per heavy atom. The standard InChI is InChI=1S/C13H15ClN2OS/c1-17-8-6-15-12(13-16-7-9-18-13)10-2-4-11(14)5-3-10/h2-5,7,9,12,15H,6,8H2,1H3. The molecular weight excluding hydrogens is 268 g/mol. The fourth-order valence-corrected chi connectivity index (χ4v) is 2.55. The second-order valence-corrected chi connectivity index (χ2v) is 5.16. The lowest BCUT2D eigenvalue weighted by Gasteiger charge is -2.16. The van der Waals surface area contributed by atoms with Crippen molar-refractivity contribution < 1.29 is 4.74 Å². The molecule has 1 unspecified atom stereocenters. The summed E-state index contributed by atoms with van der Waals surface area (Å²) >= 11 is 7.56. The van der Waals surface area contributed by atoms with Crippen LogP contribution in [-0.2, 0) is 4.74 Å². The Morgan fingerprint density at radius 2 is 2.17 bits per heavy atom. The number of hydrogen-bond donors (Lipinski definition) is 1. The Bertz CT molecular complexity index is 458. The van der Waals surface area contributed by atoms with Gasteiger partial charge in [0.2, 0.25) is 0 Å². The number of nitrogens with one attached hydrogen (secondary N) is 1. The van der Waals surface area contributed by atoms with Gasteiger partial charge in [-0.3, -0.25) is 0 Å². The maximum Gasteiger partial charge on any atom is 0.114 e. The maximum atomic E-state index is 5.91. The second kappa shape index (κ2) is 6.85. The van der Waals surface area contributed by atoms with E-state index in [2.05, 4.69) is 10.3 Å². The Hall–Kier alpha value is -0.940. The number of thiazole rings is 1. The topological polar surface area (TPSA) is 34.1 Å². The van der Waals surface area contributed by atoms with Crippen molar-refractivity contribution in [3.63, 3.8) is 0 Å². The van der Waals surface area contributed by atoms with Crippen LogP contribution in [0.1, 0.15) is 16.6 Å². The molecule has 0 saturated heterocycles. The van der Waals surface area contributed by atoms with E-state index in [1.165, 1.54) is 0 Å². The number of aromatic nitrogens is 1. The van der Waals surface area contributed by atoms with Gasteiger partial charge in [0, 0.05) is 30.3 Å². The maximum absolute atomic E-state index is 5.91. The Balaban J connectivity index is 2.16. The highest BCUT2D eigenvalue weighted by molar-refractivity contribution is 7.09. The van der Waals surface area contributed by atoms with Crippen LogP contribution in [0.3, 0.4) is 0 Å². The van der Waals surface area contributed by atoms with E-state index in [1.807, 2.05) is 35.8 Å². The predicted molar refractivity (Wildman–Crippen MR) is 75.3 cm³/mol. The molecule has 0 amide bonds. The molecule has 1 heterocycles. The summed E-state index contributed by atoms with van der Waals surface area (Å²) in [7, 11) is 1.70. The first kappa shape index (κ1) is 13.5. The normalized spacial score (nSPS) is 12.6. The minimum atomic E-state index is 0.0948. The molecule has 0 spiro atoms. The van der Waals surface area contributed by atoms with E-state index in [9.17, 15) is 0 Å². The first-order valence-electron chi connectivity index (χ1n) is 5.68. The average molecular weight is 283 g/mol. The molecular formula is C13H15ClN2OS. The largest absolute Gasteiger partial charge is 0.383 e.